The quantitative estimate of drug-likeness (QED) is 0.843. The van der Waals surface area contributed by atoms with Gasteiger partial charge >= 0.3 is 0 Å². The summed E-state index contributed by atoms with van der Waals surface area (Å²) < 4.78 is 0. The van der Waals surface area contributed by atoms with Gasteiger partial charge in [0.25, 0.3) is 0 Å². The van der Waals surface area contributed by atoms with Gasteiger partial charge in [0, 0.05) is 18.2 Å². The lowest BCUT2D eigenvalue weighted by molar-refractivity contribution is -0.131. The molecule has 24 heavy (non-hydrogen) atoms. The van der Waals surface area contributed by atoms with Gasteiger partial charge in [0.05, 0.1) is 5.75 Å². The monoisotopic (exact) mass is 344 g/mol. The first kappa shape index (κ1) is 17.0. The summed E-state index contributed by atoms with van der Waals surface area (Å²) in [6.07, 6.45) is 4.46. The molecule has 1 aliphatic rings. The lowest BCUT2D eigenvalue weighted by Crippen LogP contribution is -2.42. The number of thioether (sulfide) groups is 1. The van der Waals surface area contributed by atoms with Crippen LogP contribution in [0.1, 0.15) is 38.7 Å². The van der Waals surface area contributed by atoms with Crippen LogP contribution in [0.25, 0.3) is 11.4 Å². The van der Waals surface area contributed by atoms with Crippen molar-refractivity contribution >= 4 is 17.7 Å². The number of benzene rings is 1. The number of piperidine rings is 1. The minimum atomic E-state index is 0.186. The number of aromatic amines is 1. The maximum atomic E-state index is 12.4. The lowest BCUT2D eigenvalue weighted by Gasteiger charge is -2.33. The molecule has 1 fully saturated rings. The smallest absolute Gasteiger partial charge is 0.233 e. The second-order valence-electron chi connectivity index (χ2n) is 6.24. The van der Waals surface area contributed by atoms with Crippen molar-refractivity contribution in [2.45, 2.75) is 50.7 Å². The Labute approximate surface area is 147 Å². The largest absolute Gasteiger partial charge is 0.339 e. The Morgan fingerprint density at radius 2 is 2.12 bits per heavy atom. The molecule has 5 nitrogen and oxygen atoms in total. The zero-order chi connectivity index (χ0) is 16.9. The second-order valence-corrected chi connectivity index (χ2v) is 7.18. The van der Waals surface area contributed by atoms with E-state index in [2.05, 4.69) is 41.2 Å². The van der Waals surface area contributed by atoms with Crippen LogP contribution in [0.3, 0.4) is 0 Å². The van der Waals surface area contributed by atoms with Gasteiger partial charge in [0.1, 0.15) is 0 Å². The Kier molecular flexibility index (Phi) is 5.56. The van der Waals surface area contributed by atoms with Crippen molar-refractivity contribution in [2.75, 3.05) is 12.3 Å². The summed E-state index contributed by atoms with van der Waals surface area (Å²) in [6, 6.07) is 8.66. The van der Waals surface area contributed by atoms with E-state index in [1.54, 1.807) is 0 Å². The van der Waals surface area contributed by atoms with E-state index in [9.17, 15) is 4.79 Å². The number of aryl methyl sites for hydroxylation is 1. The van der Waals surface area contributed by atoms with Crippen LogP contribution < -0.4 is 0 Å². The van der Waals surface area contributed by atoms with Crippen LogP contribution in [0, 0.1) is 0 Å². The van der Waals surface area contributed by atoms with E-state index >= 15 is 0 Å². The fourth-order valence-corrected chi connectivity index (χ4v) is 3.70. The van der Waals surface area contributed by atoms with E-state index < -0.39 is 0 Å². The molecule has 0 aliphatic carbocycles. The van der Waals surface area contributed by atoms with Crippen LogP contribution in [0.4, 0.5) is 0 Å². The zero-order valence-corrected chi connectivity index (χ0v) is 15.1. The predicted octanol–water partition coefficient (Wildman–Crippen LogP) is 3.53. The first-order valence-corrected chi connectivity index (χ1v) is 9.60. The number of hydrogen-bond acceptors (Lipinski definition) is 4. The standard InChI is InChI=1S/C18H24N4OS/c1-3-14-7-9-15(10-8-14)17-19-18(21-20-17)24-12-16(23)22-11-5-4-6-13(22)2/h7-10,13H,3-6,11-12H2,1-2H3,(H,19,20,21). The molecule has 1 aromatic heterocycles. The number of H-pyrrole nitrogens is 1. The van der Waals surface area contributed by atoms with E-state index in [1.807, 2.05) is 17.0 Å². The predicted molar refractivity (Wildman–Crippen MR) is 96.9 cm³/mol. The van der Waals surface area contributed by atoms with Gasteiger partial charge in [-0.2, -0.15) is 0 Å². The summed E-state index contributed by atoms with van der Waals surface area (Å²) in [5.41, 5.74) is 2.32. The minimum absolute atomic E-state index is 0.186. The Hall–Kier alpha value is -1.82. The maximum Gasteiger partial charge on any atom is 0.233 e. The molecule has 3 rings (SSSR count). The molecule has 1 saturated heterocycles. The molecule has 0 radical (unpaired) electrons. The number of hydrogen-bond donors (Lipinski definition) is 1. The molecule has 1 aliphatic heterocycles. The molecule has 0 saturated carbocycles. The first-order valence-electron chi connectivity index (χ1n) is 8.61. The van der Waals surface area contributed by atoms with Crippen molar-refractivity contribution in [3.63, 3.8) is 0 Å². The fraction of sp³-hybridized carbons (Fsp3) is 0.500. The first-order chi connectivity index (χ1) is 11.7. The average Bonchev–Trinajstić information content (AvgIpc) is 3.09. The summed E-state index contributed by atoms with van der Waals surface area (Å²) in [5.74, 6) is 1.33. The van der Waals surface area contributed by atoms with Crippen LogP contribution in [0.15, 0.2) is 29.4 Å². The molecule has 128 valence electrons. The molecule has 1 atom stereocenters. The van der Waals surface area contributed by atoms with Crippen molar-refractivity contribution in [3.8, 4) is 11.4 Å². The number of aromatic nitrogens is 3. The molecular formula is C18H24N4OS. The molecule has 2 aromatic rings. The van der Waals surface area contributed by atoms with Crippen molar-refractivity contribution in [1.82, 2.24) is 20.1 Å². The van der Waals surface area contributed by atoms with Gasteiger partial charge < -0.3 is 4.90 Å². The Bertz CT molecular complexity index is 683. The molecule has 1 unspecified atom stereocenters. The van der Waals surface area contributed by atoms with Crippen LogP contribution in [-0.4, -0.2) is 44.3 Å². The van der Waals surface area contributed by atoms with Crippen LogP contribution in [-0.2, 0) is 11.2 Å². The SMILES string of the molecule is CCc1ccc(-c2nc(SCC(=O)N3CCCCC3C)n[nH]2)cc1. The van der Waals surface area contributed by atoms with Gasteiger partial charge in [-0.05, 0) is 38.2 Å². The van der Waals surface area contributed by atoms with E-state index in [1.165, 1.54) is 23.7 Å². The van der Waals surface area contributed by atoms with Crippen LogP contribution in [0.5, 0.6) is 0 Å². The highest BCUT2D eigenvalue weighted by Gasteiger charge is 2.23. The fourth-order valence-electron chi connectivity index (χ4n) is 3.02. The second kappa shape index (κ2) is 7.83. The number of rotatable bonds is 5. The number of likely N-dealkylation sites (tertiary alicyclic amines) is 1. The Balaban J connectivity index is 1.58. The lowest BCUT2D eigenvalue weighted by atomic mass is 10.0. The zero-order valence-electron chi connectivity index (χ0n) is 14.3. The Morgan fingerprint density at radius 1 is 1.33 bits per heavy atom. The normalized spacial score (nSPS) is 17.9. The van der Waals surface area contributed by atoms with E-state index in [-0.39, 0.29) is 5.91 Å². The van der Waals surface area contributed by atoms with Crippen molar-refractivity contribution in [1.29, 1.82) is 0 Å². The van der Waals surface area contributed by atoms with Gasteiger partial charge in [0.2, 0.25) is 11.1 Å². The van der Waals surface area contributed by atoms with E-state index in [0.717, 1.165) is 37.2 Å². The van der Waals surface area contributed by atoms with E-state index in [0.29, 0.717) is 17.0 Å². The van der Waals surface area contributed by atoms with Gasteiger partial charge in [0.15, 0.2) is 5.82 Å². The summed E-state index contributed by atoms with van der Waals surface area (Å²) in [4.78, 5) is 18.9. The highest BCUT2D eigenvalue weighted by molar-refractivity contribution is 7.99. The van der Waals surface area contributed by atoms with E-state index in [4.69, 9.17) is 0 Å². The third-order valence-electron chi connectivity index (χ3n) is 4.55. The summed E-state index contributed by atoms with van der Waals surface area (Å²) in [7, 11) is 0. The van der Waals surface area contributed by atoms with Crippen molar-refractivity contribution in [2.24, 2.45) is 0 Å². The average molecular weight is 344 g/mol. The third kappa shape index (κ3) is 3.98. The molecule has 0 spiro atoms. The molecule has 2 heterocycles. The summed E-state index contributed by atoms with van der Waals surface area (Å²) in [5, 5.41) is 7.82. The molecule has 1 amide bonds. The van der Waals surface area contributed by atoms with Crippen molar-refractivity contribution < 1.29 is 4.79 Å². The maximum absolute atomic E-state index is 12.4. The van der Waals surface area contributed by atoms with Gasteiger partial charge in [-0.15, -0.1) is 5.10 Å². The molecular weight excluding hydrogens is 320 g/mol. The molecule has 1 N–H and O–H groups in total. The van der Waals surface area contributed by atoms with Gasteiger partial charge in [-0.3, -0.25) is 9.89 Å². The highest BCUT2D eigenvalue weighted by atomic mass is 32.2. The third-order valence-corrected chi connectivity index (χ3v) is 5.38. The van der Waals surface area contributed by atoms with Crippen LogP contribution in [0.2, 0.25) is 0 Å². The summed E-state index contributed by atoms with van der Waals surface area (Å²) >= 11 is 1.40. The van der Waals surface area contributed by atoms with Gasteiger partial charge in [-0.25, -0.2) is 4.98 Å². The Morgan fingerprint density at radius 3 is 2.83 bits per heavy atom. The highest BCUT2D eigenvalue weighted by Crippen LogP contribution is 2.22. The molecule has 0 bridgehead atoms. The van der Waals surface area contributed by atoms with Gasteiger partial charge in [-0.1, -0.05) is 43.0 Å². The number of amides is 1. The number of nitrogens with zero attached hydrogens (tertiary/aromatic N) is 3. The number of carbonyl (C=O) groups excluding carboxylic acids is 1. The number of nitrogens with one attached hydrogen (secondary N) is 1. The minimum Gasteiger partial charge on any atom is -0.339 e. The number of carbonyl (C=O) groups is 1. The molecule has 1 aromatic carbocycles. The van der Waals surface area contributed by atoms with Crippen molar-refractivity contribution in [3.05, 3.63) is 29.8 Å². The molecule has 6 heteroatoms. The topological polar surface area (TPSA) is 61.9 Å². The van der Waals surface area contributed by atoms with Crippen LogP contribution >= 0.6 is 11.8 Å². The summed E-state index contributed by atoms with van der Waals surface area (Å²) in [6.45, 7) is 5.15.